The average molecular weight is 469 g/mol. The van der Waals surface area contributed by atoms with Crippen LogP contribution in [0.25, 0.3) is 10.2 Å². The molecule has 1 amide bonds. The van der Waals surface area contributed by atoms with Crippen LogP contribution in [0.1, 0.15) is 53.6 Å². The first-order chi connectivity index (χ1) is 16.0. The maximum atomic E-state index is 12.7. The number of aromatic nitrogens is 2. The van der Waals surface area contributed by atoms with Crippen LogP contribution in [0.2, 0.25) is 0 Å². The van der Waals surface area contributed by atoms with Crippen LogP contribution in [0.15, 0.2) is 29.1 Å². The number of aryl methyl sites for hydroxylation is 3. The van der Waals surface area contributed by atoms with Crippen molar-refractivity contribution in [3.05, 3.63) is 56.4 Å². The van der Waals surface area contributed by atoms with Crippen LogP contribution in [-0.4, -0.2) is 47.5 Å². The molecule has 0 radical (unpaired) electrons. The lowest BCUT2D eigenvalue weighted by molar-refractivity contribution is -0.121. The Bertz CT molecular complexity index is 1180. The fourth-order valence-electron chi connectivity index (χ4n) is 4.56. The largest absolute Gasteiger partial charge is 0.496 e. The highest BCUT2D eigenvalue weighted by molar-refractivity contribution is 7.18. The van der Waals surface area contributed by atoms with Crippen LogP contribution in [-0.2, 0) is 11.2 Å². The number of carbonyl (C=O) groups excluding carboxylic acids is 1. The quantitative estimate of drug-likeness (QED) is 0.524. The third-order valence-corrected chi connectivity index (χ3v) is 7.60. The third-order valence-electron chi connectivity index (χ3n) is 6.50. The number of rotatable bonds is 8. The van der Waals surface area contributed by atoms with Crippen molar-refractivity contribution in [2.24, 2.45) is 0 Å². The summed E-state index contributed by atoms with van der Waals surface area (Å²) >= 11 is 1.52. The molecule has 2 N–H and O–H groups in total. The van der Waals surface area contributed by atoms with Crippen LogP contribution < -0.4 is 15.6 Å². The van der Waals surface area contributed by atoms with E-state index in [1.54, 1.807) is 7.11 Å². The molecule has 1 saturated heterocycles. The maximum Gasteiger partial charge on any atom is 0.259 e. The standard InChI is InChI=1S/C25H32N4O3S/c1-16-17(2)33-25-23(16)24(31)27-21(28-25)11-12-22(30)26-15-19(29-13-7-4-8-14-29)18-9-5-6-10-20(18)32-3/h5-6,9-10,19H,4,7-8,11-15H2,1-3H3,(H,26,30)(H,27,28,31). The van der Waals surface area contributed by atoms with Crippen molar-refractivity contribution in [1.29, 1.82) is 0 Å². The summed E-state index contributed by atoms with van der Waals surface area (Å²) in [6, 6.07) is 8.11. The molecule has 1 fully saturated rings. The van der Waals surface area contributed by atoms with Gasteiger partial charge in [0.25, 0.3) is 5.56 Å². The predicted octanol–water partition coefficient (Wildman–Crippen LogP) is 3.89. The molecule has 1 aromatic carbocycles. The number of aromatic amines is 1. The second-order valence-electron chi connectivity index (χ2n) is 8.63. The zero-order chi connectivity index (χ0) is 23.4. The fraction of sp³-hybridized carbons (Fsp3) is 0.480. The highest BCUT2D eigenvalue weighted by atomic mass is 32.1. The number of thiophene rings is 1. The topological polar surface area (TPSA) is 87.3 Å². The molecule has 1 aliphatic rings. The van der Waals surface area contributed by atoms with E-state index in [4.69, 9.17) is 4.74 Å². The number of para-hydroxylation sites is 1. The molecule has 0 spiro atoms. The molecule has 0 aliphatic carbocycles. The van der Waals surface area contributed by atoms with Gasteiger partial charge in [0.05, 0.1) is 18.5 Å². The van der Waals surface area contributed by atoms with Crippen LogP contribution in [0.5, 0.6) is 5.75 Å². The molecule has 3 heterocycles. The van der Waals surface area contributed by atoms with Gasteiger partial charge in [-0.15, -0.1) is 11.3 Å². The normalized spacial score (nSPS) is 15.5. The molecular weight excluding hydrogens is 436 g/mol. The summed E-state index contributed by atoms with van der Waals surface area (Å²) in [5, 5.41) is 3.77. The summed E-state index contributed by atoms with van der Waals surface area (Å²) in [7, 11) is 1.69. The van der Waals surface area contributed by atoms with E-state index in [9.17, 15) is 9.59 Å². The number of fused-ring (bicyclic) bond motifs is 1. The second-order valence-corrected chi connectivity index (χ2v) is 9.84. The van der Waals surface area contributed by atoms with E-state index in [0.717, 1.165) is 39.7 Å². The average Bonchev–Trinajstić information content (AvgIpc) is 3.12. The fourth-order valence-corrected chi connectivity index (χ4v) is 5.60. The molecule has 1 unspecified atom stereocenters. The van der Waals surface area contributed by atoms with E-state index in [-0.39, 0.29) is 23.9 Å². The van der Waals surface area contributed by atoms with Gasteiger partial charge in [-0.05, 0) is 51.4 Å². The number of piperidine rings is 1. The molecule has 4 rings (SSSR count). The Morgan fingerprint density at radius 1 is 1.24 bits per heavy atom. The lowest BCUT2D eigenvalue weighted by Gasteiger charge is -2.35. The summed E-state index contributed by atoms with van der Waals surface area (Å²) in [5.74, 6) is 1.35. The number of benzene rings is 1. The summed E-state index contributed by atoms with van der Waals surface area (Å²) in [6.07, 6.45) is 4.26. The van der Waals surface area contributed by atoms with Crippen molar-refractivity contribution in [2.45, 2.75) is 52.0 Å². The smallest absolute Gasteiger partial charge is 0.259 e. The Morgan fingerprint density at radius 2 is 2.00 bits per heavy atom. The van der Waals surface area contributed by atoms with Crippen molar-refractivity contribution in [1.82, 2.24) is 20.2 Å². The summed E-state index contributed by atoms with van der Waals surface area (Å²) in [4.78, 5) is 36.9. The molecule has 1 atom stereocenters. The highest BCUT2D eigenvalue weighted by Gasteiger charge is 2.25. The number of methoxy groups -OCH3 is 1. The Hall–Kier alpha value is -2.71. The molecule has 0 bridgehead atoms. The molecule has 3 aromatic rings. The lowest BCUT2D eigenvalue weighted by Crippen LogP contribution is -2.40. The summed E-state index contributed by atoms with van der Waals surface area (Å²) in [5.41, 5.74) is 1.95. The van der Waals surface area contributed by atoms with Gasteiger partial charge in [0, 0.05) is 29.8 Å². The molecule has 0 saturated carbocycles. The summed E-state index contributed by atoms with van der Waals surface area (Å²) in [6.45, 7) is 6.49. The van der Waals surface area contributed by atoms with Gasteiger partial charge in [-0.2, -0.15) is 0 Å². The van der Waals surface area contributed by atoms with Gasteiger partial charge in [0.15, 0.2) is 0 Å². The minimum absolute atomic E-state index is 0.0480. The first-order valence-corrected chi connectivity index (χ1v) is 12.4. The van der Waals surface area contributed by atoms with Gasteiger partial charge in [-0.25, -0.2) is 4.98 Å². The number of nitrogens with zero attached hydrogens (tertiary/aromatic N) is 2. The third kappa shape index (κ3) is 5.28. The number of hydrogen-bond acceptors (Lipinski definition) is 6. The van der Waals surface area contributed by atoms with Crippen LogP contribution >= 0.6 is 11.3 Å². The number of ether oxygens (including phenoxy) is 1. The van der Waals surface area contributed by atoms with E-state index >= 15 is 0 Å². The number of H-pyrrole nitrogens is 1. The zero-order valence-corrected chi connectivity index (χ0v) is 20.4. The van der Waals surface area contributed by atoms with Crippen molar-refractivity contribution < 1.29 is 9.53 Å². The number of likely N-dealkylation sites (tertiary alicyclic amines) is 1. The van der Waals surface area contributed by atoms with Gasteiger partial charge >= 0.3 is 0 Å². The Morgan fingerprint density at radius 3 is 2.76 bits per heavy atom. The summed E-state index contributed by atoms with van der Waals surface area (Å²) < 4.78 is 5.61. The van der Waals surface area contributed by atoms with Crippen molar-refractivity contribution in [3.63, 3.8) is 0 Å². The van der Waals surface area contributed by atoms with Crippen LogP contribution in [0.4, 0.5) is 0 Å². The molecular formula is C25H32N4O3S. The molecule has 2 aromatic heterocycles. The second kappa shape index (κ2) is 10.5. The van der Waals surface area contributed by atoms with Crippen LogP contribution in [0, 0.1) is 13.8 Å². The number of nitrogens with one attached hydrogen (secondary N) is 2. The van der Waals surface area contributed by atoms with Gasteiger partial charge in [0.1, 0.15) is 16.4 Å². The molecule has 33 heavy (non-hydrogen) atoms. The zero-order valence-electron chi connectivity index (χ0n) is 19.6. The number of hydrogen-bond donors (Lipinski definition) is 2. The maximum absolute atomic E-state index is 12.7. The van der Waals surface area contributed by atoms with E-state index in [1.165, 1.54) is 30.6 Å². The first-order valence-electron chi connectivity index (χ1n) is 11.6. The molecule has 7 nitrogen and oxygen atoms in total. The van der Waals surface area contributed by atoms with Crippen molar-refractivity contribution >= 4 is 27.5 Å². The van der Waals surface area contributed by atoms with Gasteiger partial charge in [0.2, 0.25) is 5.91 Å². The number of carbonyl (C=O) groups is 1. The van der Waals surface area contributed by atoms with Crippen molar-refractivity contribution in [2.75, 3.05) is 26.7 Å². The first kappa shape index (κ1) is 23.4. The van der Waals surface area contributed by atoms with Gasteiger partial charge < -0.3 is 15.0 Å². The van der Waals surface area contributed by atoms with E-state index in [1.807, 2.05) is 32.0 Å². The van der Waals surface area contributed by atoms with E-state index in [0.29, 0.717) is 24.2 Å². The van der Waals surface area contributed by atoms with E-state index in [2.05, 4.69) is 26.3 Å². The van der Waals surface area contributed by atoms with E-state index < -0.39 is 0 Å². The molecule has 8 heteroatoms. The monoisotopic (exact) mass is 468 g/mol. The van der Waals surface area contributed by atoms with Gasteiger partial charge in [-0.1, -0.05) is 24.6 Å². The van der Waals surface area contributed by atoms with Crippen molar-refractivity contribution in [3.8, 4) is 5.75 Å². The molecule has 176 valence electrons. The minimum Gasteiger partial charge on any atom is -0.496 e. The Kier molecular flexibility index (Phi) is 7.45. The number of amides is 1. The minimum atomic E-state index is -0.126. The lowest BCUT2D eigenvalue weighted by atomic mass is 10.0. The van der Waals surface area contributed by atoms with Gasteiger partial charge in [-0.3, -0.25) is 14.5 Å². The highest BCUT2D eigenvalue weighted by Crippen LogP contribution is 2.31. The predicted molar refractivity (Wildman–Crippen MR) is 132 cm³/mol. The Labute approximate surface area is 198 Å². The molecule has 1 aliphatic heterocycles. The van der Waals surface area contributed by atoms with Crippen LogP contribution in [0.3, 0.4) is 0 Å². The SMILES string of the molecule is COc1ccccc1C(CNC(=O)CCc1nc2sc(C)c(C)c2c(=O)[nH]1)N1CCCCC1. The Balaban J connectivity index is 1.42.